The topological polar surface area (TPSA) is 32.3 Å². The molecule has 0 bridgehead atoms. The molecule has 0 aromatic heterocycles. The number of allylic oxidation sites excluding steroid dienone is 1. The Labute approximate surface area is 120 Å². The van der Waals surface area contributed by atoms with Crippen LogP contribution in [0, 0.1) is 0 Å². The van der Waals surface area contributed by atoms with Gasteiger partial charge in [0, 0.05) is 0 Å². The number of nitrogens with one attached hydrogen (secondary N) is 1. The average molecular weight is 281 g/mol. The van der Waals surface area contributed by atoms with Crippen LogP contribution in [0.2, 0.25) is 0 Å². The number of amides is 1. The summed E-state index contributed by atoms with van der Waals surface area (Å²) >= 11 is 6.11. The molecule has 1 unspecified atom stereocenters. The molecule has 0 aliphatic carbocycles. The maximum atomic E-state index is 11.6. The van der Waals surface area contributed by atoms with E-state index in [0.717, 1.165) is 24.9 Å². The van der Waals surface area contributed by atoms with Crippen LogP contribution in [-0.2, 0) is 4.79 Å². The monoisotopic (exact) mass is 280 g/mol. The zero-order valence-electron chi connectivity index (χ0n) is 11.5. The number of alkyl halides is 1. The zero-order chi connectivity index (χ0) is 14.1. The molecule has 0 saturated heterocycles. The van der Waals surface area contributed by atoms with Crippen molar-refractivity contribution >= 4 is 17.5 Å². The largest absolute Gasteiger partial charge is 0.332 e. The number of hydrogen-bond donors (Lipinski definition) is 1. The molecule has 0 fully saturated rings. The first kappa shape index (κ1) is 15.7. The van der Waals surface area contributed by atoms with Crippen LogP contribution in [0.1, 0.15) is 23.9 Å². The minimum Gasteiger partial charge on any atom is -0.332 e. The molecule has 3 nitrogen and oxygen atoms in total. The quantitative estimate of drug-likeness (QED) is 0.360. The summed E-state index contributed by atoms with van der Waals surface area (Å²) in [6.07, 6.45) is 5.37. The smallest absolute Gasteiger partial charge is 0.245 e. The standard InChI is InChI=1S/C15H21ClN2O/c1-18(2)12-8-4-7-11-14(19)17-15(16)13-9-5-3-6-10-13/h3,5-7,9-11,15H,4,8,12H2,1-2H3,(H,17,19). The second kappa shape index (κ2) is 8.73. The third kappa shape index (κ3) is 6.99. The van der Waals surface area contributed by atoms with Crippen LogP contribution in [-0.4, -0.2) is 31.4 Å². The molecule has 1 N–H and O–H groups in total. The van der Waals surface area contributed by atoms with Gasteiger partial charge in [0.2, 0.25) is 5.91 Å². The molecular formula is C15H21ClN2O. The Morgan fingerprint density at radius 3 is 2.68 bits per heavy atom. The van der Waals surface area contributed by atoms with Crippen molar-refractivity contribution in [3.05, 3.63) is 48.0 Å². The summed E-state index contributed by atoms with van der Waals surface area (Å²) in [6, 6.07) is 9.49. The molecule has 0 heterocycles. The van der Waals surface area contributed by atoms with Crippen molar-refractivity contribution in [2.24, 2.45) is 0 Å². The van der Waals surface area contributed by atoms with E-state index in [4.69, 9.17) is 11.6 Å². The molecule has 1 amide bonds. The van der Waals surface area contributed by atoms with Crippen LogP contribution >= 0.6 is 11.6 Å². The minimum absolute atomic E-state index is 0.159. The number of unbranched alkanes of at least 4 members (excludes halogenated alkanes) is 1. The number of halogens is 1. The van der Waals surface area contributed by atoms with Crippen LogP contribution in [0.5, 0.6) is 0 Å². The van der Waals surface area contributed by atoms with E-state index in [1.807, 2.05) is 50.5 Å². The molecule has 0 aliphatic heterocycles. The van der Waals surface area contributed by atoms with Gasteiger partial charge in [-0.05, 0) is 45.1 Å². The van der Waals surface area contributed by atoms with E-state index in [-0.39, 0.29) is 5.91 Å². The summed E-state index contributed by atoms with van der Waals surface area (Å²) in [4.78, 5) is 13.8. The number of hydrogen-bond acceptors (Lipinski definition) is 2. The molecule has 19 heavy (non-hydrogen) atoms. The van der Waals surface area contributed by atoms with Gasteiger partial charge in [0.25, 0.3) is 0 Å². The predicted octanol–water partition coefficient (Wildman–Crippen LogP) is 2.94. The average Bonchev–Trinajstić information content (AvgIpc) is 2.39. The highest BCUT2D eigenvalue weighted by Crippen LogP contribution is 2.16. The molecule has 1 rings (SSSR count). The number of benzene rings is 1. The maximum Gasteiger partial charge on any atom is 0.245 e. The van der Waals surface area contributed by atoms with Crippen molar-refractivity contribution in [1.29, 1.82) is 0 Å². The first-order valence-electron chi connectivity index (χ1n) is 6.40. The minimum atomic E-state index is -0.486. The predicted molar refractivity (Wildman–Crippen MR) is 80.1 cm³/mol. The Morgan fingerprint density at radius 1 is 1.37 bits per heavy atom. The summed E-state index contributed by atoms with van der Waals surface area (Å²) in [5.41, 5.74) is 0.402. The van der Waals surface area contributed by atoms with Gasteiger partial charge >= 0.3 is 0 Å². The van der Waals surface area contributed by atoms with Crippen molar-refractivity contribution in [3.8, 4) is 0 Å². The summed E-state index contributed by atoms with van der Waals surface area (Å²) in [5, 5.41) is 2.73. The van der Waals surface area contributed by atoms with Crippen molar-refractivity contribution in [3.63, 3.8) is 0 Å². The summed E-state index contributed by atoms with van der Waals surface area (Å²) in [6.45, 7) is 1.02. The van der Waals surface area contributed by atoms with E-state index in [2.05, 4.69) is 10.2 Å². The third-order valence-corrected chi connectivity index (χ3v) is 2.97. The Balaban J connectivity index is 2.29. The normalized spacial score (nSPS) is 12.8. The fourth-order valence-electron chi connectivity index (χ4n) is 1.59. The molecule has 0 saturated carbocycles. The molecule has 0 radical (unpaired) electrons. The SMILES string of the molecule is CN(C)CCCC=CC(=O)NC(Cl)c1ccccc1. The maximum absolute atomic E-state index is 11.6. The Morgan fingerprint density at radius 2 is 2.05 bits per heavy atom. The van der Waals surface area contributed by atoms with Gasteiger partial charge in [-0.15, -0.1) is 0 Å². The number of carbonyl (C=O) groups is 1. The fourth-order valence-corrected chi connectivity index (χ4v) is 1.85. The van der Waals surface area contributed by atoms with Crippen molar-refractivity contribution in [2.75, 3.05) is 20.6 Å². The van der Waals surface area contributed by atoms with E-state index in [0.29, 0.717) is 0 Å². The third-order valence-electron chi connectivity index (χ3n) is 2.61. The lowest BCUT2D eigenvalue weighted by atomic mass is 10.2. The van der Waals surface area contributed by atoms with Gasteiger partial charge in [0.15, 0.2) is 0 Å². The molecule has 0 spiro atoms. The van der Waals surface area contributed by atoms with Crippen LogP contribution < -0.4 is 5.32 Å². The lowest BCUT2D eigenvalue weighted by Crippen LogP contribution is -2.23. The summed E-state index contributed by atoms with van der Waals surface area (Å²) in [7, 11) is 4.07. The number of carbonyl (C=O) groups excluding carboxylic acids is 1. The van der Waals surface area contributed by atoms with E-state index in [1.54, 1.807) is 6.08 Å². The van der Waals surface area contributed by atoms with Crippen LogP contribution in [0.4, 0.5) is 0 Å². The molecule has 1 atom stereocenters. The van der Waals surface area contributed by atoms with Gasteiger partial charge in [0.1, 0.15) is 5.50 Å². The van der Waals surface area contributed by atoms with Crippen LogP contribution in [0.15, 0.2) is 42.5 Å². The Kier molecular flexibility index (Phi) is 7.23. The highest BCUT2D eigenvalue weighted by Gasteiger charge is 2.08. The van der Waals surface area contributed by atoms with Crippen LogP contribution in [0.25, 0.3) is 0 Å². The first-order valence-corrected chi connectivity index (χ1v) is 6.84. The summed E-state index contributed by atoms with van der Waals surface area (Å²) < 4.78 is 0. The lowest BCUT2D eigenvalue weighted by Gasteiger charge is -2.10. The lowest BCUT2D eigenvalue weighted by molar-refractivity contribution is -0.116. The van der Waals surface area contributed by atoms with E-state index < -0.39 is 5.50 Å². The zero-order valence-corrected chi connectivity index (χ0v) is 12.2. The van der Waals surface area contributed by atoms with Gasteiger partial charge in [-0.1, -0.05) is 48.0 Å². The van der Waals surface area contributed by atoms with Gasteiger partial charge in [-0.2, -0.15) is 0 Å². The van der Waals surface area contributed by atoms with Gasteiger partial charge < -0.3 is 10.2 Å². The second-order valence-corrected chi connectivity index (χ2v) is 5.07. The molecular weight excluding hydrogens is 260 g/mol. The highest BCUT2D eigenvalue weighted by molar-refractivity contribution is 6.21. The molecule has 1 aromatic carbocycles. The molecule has 104 valence electrons. The van der Waals surface area contributed by atoms with E-state index in [1.165, 1.54) is 0 Å². The van der Waals surface area contributed by atoms with Crippen molar-refractivity contribution in [1.82, 2.24) is 10.2 Å². The van der Waals surface area contributed by atoms with Crippen molar-refractivity contribution < 1.29 is 4.79 Å². The molecule has 4 heteroatoms. The number of nitrogens with zero attached hydrogens (tertiary/aromatic N) is 1. The van der Waals surface area contributed by atoms with Crippen LogP contribution in [0.3, 0.4) is 0 Å². The molecule has 1 aromatic rings. The van der Waals surface area contributed by atoms with Gasteiger partial charge in [0.05, 0.1) is 0 Å². The van der Waals surface area contributed by atoms with E-state index in [9.17, 15) is 4.79 Å². The van der Waals surface area contributed by atoms with Gasteiger partial charge in [-0.25, -0.2) is 0 Å². The van der Waals surface area contributed by atoms with E-state index >= 15 is 0 Å². The highest BCUT2D eigenvalue weighted by atomic mass is 35.5. The molecule has 0 aliphatic rings. The number of rotatable bonds is 7. The summed E-state index contributed by atoms with van der Waals surface area (Å²) in [5.74, 6) is -0.159. The van der Waals surface area contributed by atoms with Crippen molar-refractivity contribution in [2.45, 2.75) is 18.3 Å². The second-order valence-electron chi connectivity index (χ2n) is 4.63. The van der Waals surface area contributed by atoms with Gasteiger partial charge in [-0.3, -0.25) is 4.79 Å². The Bertz CT molecular complexity index is 404. The fraction of sp³-hybridized carbons (Fsp3) is 0.400. The first-order chi connectivity index (χ1) is 9.09. The Hall–Kier alpha value is -1.32.